The van der Waals surface area contributed by atoms with Crippen LogP contribution >= 0.6 is 0 Å². The monoisotopic (exact) mass is 449 g/mol. The van der Waals surface area contributed by atoms with Crippen LogP contribution in [0.5, 0.6) is 0 Å². The second-order valence-corrected chi connectivity index (χ2v) is 0.283. The summed E-state index contributed by atoms with van der Waals surface area (Å²) in [7, 11) is 0. The first-order valence-corrected chi connectivity index (χ1v) is 1.26. The van der Waals surface area contributed by atoms with Crippen LogP contribution in [0.2, 0.25) is 0 Å². The molecule has 2 radical (unpaired) electrons. The summed E-state index contributed by atoms with van der Waals surface area (Å²) < 4.78 is 0. The van der Waals surface area contributed by atoms with Crippen LogP contribution in [0.4, 0.5) is 0 Å². The van der Waals surface area contributed by atoms with Gasteiger partial charge in [0.05, 0.1) is 0 Å². The van der Waals surface area contributed by atoms with Crippen LogP contribution < -0.4 is 0 Å². The average molecular weight is 449 g/mol. The first kappa shape index (κ1) is 231. The molecule has 0 bridgehead atoms. The van der Waals surface area contributed by atoms with E-state index in [9.17, 15) is 0 Å². The average Bonchev–Trinajstić information content (AvgIpc) is 1.39. The Morgan fingerprint density at radius 2 is 0.368 bits per heavy atom. The van der Waals surface area contributed by atoms with Crippen LogP contribution in [0, 0.1) is 7.43 Å². The van der Waals surface area contributed by atoms with Crippen molar-refractivity contribution in [2.75, 3.05) is 13.6 Å². The van der Waals surface area contributed by atoms with Crippen molar-refractivity contribution in [2.24, 2.45) is 0 Å². The van der Waals surface area contributed by atoms with Gasteiger partial charge in [-0.3, -0.25) is 0 Å². The van der Waals surface area contributed by atoms with E-state index >= 15 is 0 Å². The molecule has 0 aromatic carbocycles. The first-order chi connectivity index (χ1) is 2.83. The van der Waals surface area contributed by atoms with Gasteiger partial charge in [0.15, 0.2) is 0 Å². The Kier molecular flexibility index (Phi) is 5400. The van der Waals surface area contributed by atoms with Crippen LogP contribution in [-0.2, 0) is 65.4 Å². The zero-order chi connectivity index (χ0) is 5.41. The van der Waals surface area contributed by atoms with E-state index in [1.54, 1.807) is 0 Å². The van der Waals surface area contributed by atoms with E-state index in [1.807, 2.05) is 0 Å². The van der Waals surface area contributed by atoms with Crippen molar-refractivity contribution in [3.05, 3.63) is 7.43 Å². The molecule has 0 unspecified atom stereocenters. The normalized spacial score (nSPS) is 1.89. The predicted molar refractivity (Wildman–Crippen MR) is 92.3 cm³/mol. The maximum Gasteiger partial charge on any atom is 0.140 e. The summed E-state index contributed by atoms with van der Waals surface area (Å²) in [5, 5.41) is 28.5. The molecule has 19 heavy (non-hydrogen) atoms. The molecule has 0 aromatic heterocycles. The van der Waals surface area contributed by atoms with Crippen molar-refractivity contribution >= 4 is 0 Å². The molecule has 0 aliphatic rings. The van der Waals surface area contributed by atoms with Crippen molar-refractivity contribution in [2.45, 2.75) is 74.3 Å². The Labute approximate surface area is 179 Å². The van der Waals surface area contributed by atoms with Crippen LogP contribution in [0.1, 0.15) is 74.3 Å². The van der Waals surface area contributed by atoms with Gasteiger partial charge in [-0.15, -0.1) is 0 Å². The van der Waals surface area contributed by atoms with E-state index in [0.29, 0.717) is 0 Å². The zero-order valence-corrected chi connectivity index (χ0v) is 11.0. The van der Waals surface area contributed by atoms with E-state index in [-0.39, 0.29) is 147 Å². The fraction of sp³-hybridized carbons (Fsp3) is 0.923. The van der Waals surface area contributed by atoms with Gasteiger partial charge in [0, 0.05) is 65.4 Å². The maximum atomic E-state index is 7.12. The number of aliphatic hydroxyl groups excluding tert-OH is 2. The number of aliphatic hydroxyl groups is 4. The molecule has 0 aliphatic heterocycles. The van der Waals surface area contributed by atoms with E-state index in [4.69, 9.17) is 20.4 Å². The maximum absolute atomic E-state index is 7.12. The summed E-state index contributed by atoms with van der Waals surface area (Å²) in [4.78, 5) is 0. The standard InChI is InChI=1S/2CH4O2.10CH4.CH3.2Y/c2*2-1-3;;;;;;;;;;;;;/h2*2-3H,1H2;10*1H4;1H3;;/q;;;;;;;;;;;;-1;;. The number of hydrogen-bond donors (Lipinski definition) is 4. The van der Waals surface area contributed by atoms with Gasteiger partial charge in [0.1, 0.15) is 13.6 Å². The summed E-state index contributed by atoms with van der Waals surface area (Å²) >= 11 is 0. The molecule has 0 aliphatic carbocycles. The molecule has 0 saturated heterocycles. The Bertz CT molecular complexity index is 24.6. The number of hydrogen-bond acceptors (Lipinski definition) is 4. The molecule has 0 aromatic rings. The van der Waals surface area contributed by atoms with E-state index in [2.05, 4.69) is 0 Å². The molecule has 134 valence electrons. The molecule has 0 fully saturated rings. The minimum Gasteiger partial charge on any atom is -0.371 e. The van der Waals surface area contributed by atoms with Crippen LogP contribution in [0.25, 0.3) is 0 Å². The number of rotatable bonds is 0. The molecular weight excluding hydrogens is 398 g/mol. The molecule has 4 N–H and O–H groups in total. The largest absolute Gasteiger partial charge is 0.371 e. The summed E-state index contributed by atoms with van der Waals surface area (Å²) in [6.45, 7) is -1.50. The third-order valence-electron chi connectivity index (χ3n) is 0. The third-order valence-corrected chi connectivity index (χ3v) is 0. The predicted octanol–water partition coefficient (Wildman–Crippen LogP) is 4.66. The summed E-state index contributed by atoms with van der Waals surface area (Å²) in [5.41, 5.74) is 0. The second-order valence-electron chi connectivity index (χ2n) is 0.283. The molecular formula is C13H51O4Y2-. The SMILES string of the molecule is C.C.C.C.C.C.C.C.C.C.OCO.OCO.[CH3-].[Y].[Y]. The van der Waals surface area contributed by atoms with Gasteiger partial charge in [-0.1, -0.05) is 74.3 Å². The molecule has 0 atom stereocenters. The smallest absolute Gasteiger partial charge is 0.140 e. The van der Waals surface area contributed by atoms with Gasteiger partial charge in [0.2, 0.25) is 0 Å². The van der Waals surface area contributed by atoms with Crippen LogP contribution in [-0.4, -0.2) is 34.0 Å². The molecule has 0 saturated carbocycles. The van der Waals surface area contributed by atoms with Crippen LogP contribution in [0.3, 0.4) is 0 Å². The van der Waals surface area contributed by atoms with E-state index in [0.717, 1.165) is 0 Å². The molecule has 4 nitrogen and oxygen atoms in total. The van der Waals surface area contributed by atoms with Gasteiger partial charge < -0.3 is 27.9 Å². The first-order valence-electron chi connectivity index (χ1n) is 1.26. The quantitative estimate of drug-likeness (QED) is 0.320. The molecule has 6 heteroatoms. The van der Waals surface area contributed by atoms with E-state index in [1.165, 1.54) is 0 Å². The fourth-order valence-electron chi connectivity index (χ4n) is 0. The second kappa shape index (κ2) is 444. The van der Waals surface area contributed by atoms with E-state index < -0.39 is 13.6 Å². The van der Waals surface area contributed by atoms with Crippen molar-refractivity contribution in [3.8, 4) is 0 Å². The van der Waals surface area contributed by atoms with Crippen molar-refractivity contribution in [3.63, 3.8) is 0 Å². The summed E-state index contributed by atoms with van der Waals surface area (Å²) in [6.07, 6.45) is 0. The minimum absolute atomic E-state index is 0. The van der Waals surface area contributed by atoms with Gasteiger partial charge in [-0.05, 0) is 0 Å². The van der Waals surface area contributed by atoms with Crippen molar-refractivity contribution in [1.82, 2.24) is 0 Å². The Morgan fingerprint density at radius 1 is 0.368 bits per heavy atom. The molecule has 0 rings (SSSR count). The van der Waals surface area contributed by atoms with Crippen LogP contribution in [0.15, 0.2) is 0 Å². The Morgan fingerprint density at radius 3 is 0.368 bits per heavy atom. The third kappa shape index (κ3) is 1560. The fourth-order valence-corrected chi connectivity index (χ4v) is 0. The minimum atomic E-state index is -0.750. The van der Waals surface area contributed by atoms with Crippen molar-refractivity contribution in [1.29, 1.82) is 0 Å². The zero-order valence-electron chi connectivity index (χ0n) is 5.36. The summed E-state index contributed by atoms with van der Waals surface area (Å²) in [6, 6.07) is 0. The van der Waals surface area contributed by atoms with Gasteiger partial charge in [-0.2, -0.15) is 0 Å². The molecule has 0 heterocycles. The Balaban J connectivity index is -0.000000000769. The Hall–Kier alpha value is 2.05. The van der Waals surface area contributed by atoms with Gasteiger partial charge >= 0.3 is 0 Å². The molecule has 0 amide bonds. The van der Waals surface area contributed by atoms with Gasteiger partial charge in [-0.25, -0.2) is 0 Å². The molecule has 0 spiro atoms. The summed E-state index contributed by atoms with van der Waals surface area (Å²) in [5.74, 6) is 0. The van der Waals surface area contributed by atoms with Crippen molar-refractivity contribution < 1.29 is 85.8 Å². The van der Waals surface area contributed by atoms with Gasteiger partial charge in [0.25, 0.3) is 0 Å². The topological polar surface area (TPSA) is 80.9 Å².